The molecule has 8 heteroatoms. The van der Waals surface area contributed by atoms with Crippen LogP contribution in [0.15, 0.2) is 47.8 Å². The number of benzene rings is 2. The summed E-state index contributed by atoms with van der Waals surface area (Å²) in [5.41, 5.74) is 2.26. The Labute approximate surface area is 166 Å². The molecule has 1 aromatic heterocycles. The molecule has 0 unspecified atom stereocenters. The number of amides is 2. The third-order valence-corrected chi connectivity index (χ3v) is 4.76. The van der Waals surface area contributed by atoms with Crippen LogP contribution >= 0.6 is 11.3 Å². The molecule has 0 bridgehead atoms. The summed E-state index contributed by atoms with van der Waals surface area (Å²) in [4.78, 5) is 16.8. The molecule has 28 heavy (non-hydrogen) atoms. The van der Waals surface area contributed by atoms with Gasteiger partial charge in [-0.25, -0.2) is 9.78 Å². The summed E-state index contributed by atoms with van der Waals surface area (Å²) in [6, 6.07) is 12.6. The molecule has 0 saturated carbocycles. The van der Waals surface area contributed by atoms with E-state index in [1.165, 1.54) is 11.3 Å². The lowest BCUT2D eigenvalue weighted by Crippen LogP contribution is -2.19. The Hall–Kier alpha value is -3.26. The molecule has 3 aromatic rings. The first-order valence-electron chi connectivity index (χ1n) is 8.88. The minimum Gasteiger partial charge on any atom is -0.492 e. The molecule has 2 heterocycles. The van der Waals surface area contributed by atoms with Gasteiger partial charge in [0, 0.05) is 10.9 Å². The smallest absolute Gasteiger partial charge is 0.325 e. The number of carbonyl (C=O) groups excluding carboxylic acids is 1. The second-order valence-electron chi connectivity index (χ2n) is 5.90. The van der Waals surface area contributed by atoms with Crippen LogP contribution in [0.5, 0.6) is 17.2 Å². The van der Waals surface area contributed by atoms with Crippen molar-refractivity contribution in [3.63, 3.8) is 0 Å². The van der Waals surface area contributed by atoms with Crippen LogP contribution in [0, 0.1) is 0 Å². The van der Waals surface area contributed by atoms with Gasteiger partial charge in [-0.05, 0) is 37.3 Å². The van der Waals surface area contributed by atoms with Crippen molar-refractivity contribution in [1.29, 1.82) is 0 Å². The van der Waals surface area contributed by atoms with Gasteiger partial charge in [0.25, 0.3) is 0 Å². The van der Waals surface area contributed by atoms with E-state index < -0.39 is 0 Å². The molecule has 7 nitrogen and oxygen atoms in total. The maximum Gasteiger partial charge on any atom is 0.325 e. The molecule has 1 aliphatic rings. The summed E-state index contributed by atoms with van der Waals surface area (Å²) in [6.07, 6.45) is 0. The minimum atomic E-state index is -0.379. The Balaban J connectivity index is 1.44. The normalized spacial score (nSPS) is 12.3. The molecule has 0 aliphatic carbocycles. The number of anilines is 2. The number of rotatable bonds is 5. The van der Waals surface area contributed by atoms with Crippen molar-refractivity contribution in [3.05, 3.63) is 47.8 Å². The lowest BCUT2D eigenvalue weighted by atomic mass is 10.1. The number of hydrogen-bond acceptors (Lipinski definition) is 6. The third kappa shape index (κ3) is 4.01. The number of fused-ring (bicyclic) bond motifs is 1. The van der Waals surface area contributed by atoms with E-state index in [2.05, 4.69) is 15.6 Å². The van der Waals surface area contributed by atoms with Crippen molar-refractivity contribution < 1.29 is 19.0 Å². The molecule has 1 aliphatic heterocycles. The number of hydrogen-bond donors (Lipinski definition) is 2. The quantitative estimate of drug-likeness (QED) is 0.656. The predicted molar refractivity (Wildman–Crippen MR) is 109 cm³/mol. The highest BCUT2D eigenvalue weighted by atomic mass is 32.1. The molecule has 144 valence electrons. The van der Waals surface area contributed by atoms with Crippen LogP contribution in [0.25, 0.3) is 11.3 Å². The Morgan fingerprint density at radius 3 is 2.82 bits per heavy atom. The summed E-state index contributed by atoms with van der Waals surface area (Å²) < 4.78 is 16.7. The molecule has 2 N–H and O–H groups in total. The van der Waals surface area contributed by atoms with Crippen LogP contribution < -0.4 is 24.8 Å². The molecule has 0 radical (unpaired) electrons. The Kier molecular flexibility index (Phi) is 5.29. The fourth-order valence-electron chi connectivity index (χ4n) is 2.77. The summed E-state index contributed by atoms with van der Waals surface area (Å²) in [7, 11) is 0. The Bertz CT molecular complexity index is 989. The Morgan fingerprint density at radius 2 is 1.96 bits per heavy atom. The fourth-order valence-corrected chi connectivity index (χ4v) is 3.48. The number of ether oxygens (including phenoxy) is 3. The highest BCUT2D eigenvalue weighted by Gasteiger charge is 2.15. The molecule has 0 saturated heterocycles. The molecule has 4 rings (SSSR count). The minimum absolute atomic E-state index is 0.379. The molecule has 0 atom stereocenters. The summed E-state index contributed by atoms with van der Waals surface area (Å²) in [5.74, 6) is 2.06. The highest BCUT2D eigenvalue weighted by Crippen LogP contribution is 2.35. The molecular weight excluding hydrogens is 378 g/mol. The van der Waals surface area contributed by atoms with E-state index in [-0.39, 0.29) is 6.03 Å². The van der Waals surface area contributed by atoms with Crippen LogP contribution in [0.1, 0.15) is 6.92 Å². The van der Waals surface area contributed by atoms with Crippen molar-refractivity contribution in [1.82, 2.24) is 4.98 Å². The highest BCUT2D eigenvalue weighted by molar-refractivity contribution is 7.14. The van der Waals surface area contributed by atoms with Gasteiger partial charge in [0.05, 0.1) is 18.0 Å². The van der Waals surface area contributed by atoms with E-state index >= 15 is 0 Å². The number of urea groups is 1. The van der Waals surface area contributed by atoms with Crippen LogP contribution in [0.2, 0.25) is 0 Å². The van der Waals surface area contributed by atoms with Crippen molar-refractivity contribution in [2.45, 2.75) is 6.92 Å². The summed E-state index contributed by atoms with van der Waals surface area (Å²) >= 11 is 1.35. The van der Waals surface area contributed by atoms with E-state index in [1.54, 1.807) is 6.07 Å². The van der Waals surface area contributed by atoms with Gasteiger partial charge in [-0.2, -0.15) is 0 Å². The van der Waals surface area contributed by atoms with Crippen LogP contribution in [0.4, 0.5) is 15.6 Å². The van der Waals surface area contributed by atoms with Crippen molar-refractivity contribution in [2.75, 3.05) is 30.5 Å². The topological polar surface area (TPSA) is 81.7 Å². The maximum atomic E-state index is 12.3. The van der Waals surface area contributed by atoms with Crippen LogP contribution in [-0.4, -0.2) is 30.8 Å². The van der Waals surface area contributed by atoms with Gasteiger partial charge in [0.1, 0.15) is 19.0 Å². The summed E-state index contributed by atoms with van der Waals surface area (Å²) in [5, 5.41) is 7.93. The van der Waals surface area contributed by atoms with Crippen LogP contribution in [0.3, 0.4) is 0 Å². The van der Waals surface area contributed by atoms with Gasteiger partial charge in [0.2, 0.25) is 0 Å². The van der Waals surface area contributed by atoms with Crippen molar-refractivity contribution >= 4 is 28.2 Å². The largest absolute Gasteiger partial charge is 0.492 e. The SMILES string of the molecule is CCOc1ccccc1NC(=O)Nc1nc(-c2ccc3c(c2)OCCO3)cs1. The number of carbonyl (C=O) groups is 1. The number of nitrogens with zero attached hydrogens (tertiary/aromatic N) is 1. The standard InChI is InChI=1S/C20H19N3O4S/c1-2-25-16-6-4-3-5-14(16)21-19(24)23-20-22-15(12-28-20)13-7-8-17-18(11-13)27-10-9-26-17/h3-8,11-12H,2,9-10H2,1H3,(H2,21,22,23,24). The van der Waals surface area contributed by atoms with Gasteiger partial charge < -0.3 is 19.5 Å². The van der Waals surface area contributed by atoms with Gasteiger partial charge >= 0.3 is 6.03 Å². The number of para-hydroxylation sites is 2. The van der Waals surface area contributed by atoms with E-state index in [9.17, 15) is 4.79 Å². The second-order valence-corrected chi connectivity index (χ2v) is 6.76. The number of thiazole rings is 1. The third-order valence-electron chi connectivity index (χ3n) is 4.00. The number of nitrogens with one attached hydrogen (secondary N) is 2. The molecular formula is C20H19N3O4S. The lowest BCUT2D eigenvalue weighted by molar-refractivity contribution is 0.171. The van der Waals surface area contributed by atoms with Gasteiger partial charge in [-0.1, -0.05) is 12.1 Å². The predicted octanol–water partition coefficient (Wildman–Crippen LogP) is 4.62. The number of aromatic nitrogens is 1. The first-order chi connectivity index (χ1) is 13.7. The lowest BCUT2D eigenvalue weighted by Gasteiger charge is -2.18. The zero-order valence-corrected chi connectivity index (χ0v) is 16.0. The monoisotopic (exact) mass is 397 g/mol. The second kappa shape index (κ2) is 8.18. The zero-order valence-electron chi connectivity index (χ0n) is 15.2. The molecule has 0 fully saturated rings. The maximum absolute atomic E-state index is 12.3. The molecule has 2 aromatic carbocycles. The summed E-state index contributed by atoms with van der Waals surface area (Å²) in [6.45, 7) is 3.50. The zero-order chi connectivity index (χ0) is 19.3. The van der Waals surface area contributed by atoms with E-state index in [4.69, 9.17) is 14.2 Å². The first kappa shape index (κ1) is 18.1. The van der Waals surface area contributed by atoms with Gasteiger partial charge in [0.15, 0.2) is 16.6 Å². The van der Waals surface area contributed by atoms with Gasteiger partial charge in [-0.3, -0.25) is 5.32 Å². The molecule has 0 spiro atoms. The van der Waals surface area contributed by atoms with Crippen LogP contribution in [-0.2, 0) is 0 Å². The van der Waals surface area contributed by atoms with Crippen molar-refractivity contribution in [2.24, 2.45) is 0 Å². The average molecular weight is 397 g/mol. The first-order valence-corrected chi connectivity index (χ1v) is 9.76. The Morgan fingerprint density at radius 1 is 1.14 bits per heavy atom. The fraction of sp³-hybridized carbons (Fsp3) is 0.200. The van der Waals surface area contributed by atoms with E-state index in [0.717, 1.165) is 17.0 Å². The van der Waals surface area contributed by atoms with E-state index in [1.807, 2.05) is 48.7 Å². The van der Waals surface area contributed by atoms with E-state index in [0.29, 0.717) is 42.1 Å². The van der Waals surface area contributed by atoms with Crippen molar-refractivity contribution in [3.8, 4) is 28.5 Å². The average Bonchev–Trinajstić information content (AvgIpc) is 3.17. The molecule has 2 amide bonds. The van der Waals surface area contributed by atoms with Gasteiger partial charge in [-0.15, -0.1) is 11.3 Å².